The average Bonchev–Trinajstić information content (AvgIpc) is 2.60. The van der Waals surface area contributed by atoms with Crippen molar-refractivity contribution < 1.29 is 14.3 Å². The number of ether oxygens (including phenoxy) is 2. The van der Waals surface area contributed by atoms with E-state index in [1.165, 1.54) is 0 Å². The standard InChI is InChI=1S/C18H29N5O3/c1-3-26-18(24)23-6-4-14(5-7-23)20-16-10-15(12-8-13(19)9-12)21-17(22-16)11-25-2/h10,12-14H,3-9,11,19H2,1-2H3,(H,20,21,22). The molecule has 2 fully saturated rings. The maximum Gasteiger partial charge on any atom is 0.409 e. The number of amides is 1. The first kappa shape index (κ1) is 18.8. The Morgan fingerprint density at radius 3 is 2.69 bits per heavy atom. The van der Waals surface area contributed by atoms with Crippen LogP contribution in [-0.2, 0) is 16.1 Å². The molecule has 144 valence electrons. The van der Waals surface area contributed by atoms with Crippen LogP contribution in [0.1, 0.15) is 50.0 Å². The third-order valence-electron chi connectivity index (χ3n) is 5.03. The van der Waals surface area contributed by atoms with Gasteiger partial charge >= 0.3 is 6.09 Å². The molecule has 1 saturated carbocycles. The lowest BCUT2D eigenvalue weighted by molar-refractivity contribution is 0.0983. The molecule has 2 aliphatic rings. The van der Waals surface area contributed by atoms with Crippen molar-refractivity contribution in [3.05, 3.63) is 17.6 Å². The zero-order valence-corrected chi connectivity index (χ0v) is 15.6. The van der Waals surface area contributed by atoms with Crippen LogP contribution in [0.4, 0.5) is 10.6 Å². The van der Waals surface area contributed by atoms with Crippen molar-refractivity contribution in [1.29, 1.82) is 0 Å². The van der Waals surface area contributed by atoms with Gasteiger partial charge in [-0.25, -0.2) is 14.8 Å². The van der Waals surface area contributed by atoms with Gasteiger partial charge in [0.15, 0.2) is 5.82 Å². The molecule has 26 heavy (non-hydrogen) atoms. The van der Waals surface area contributed by atoms with Crippen LogP contribution in [0.25, 0.3) is 0 Å². The van der Waals surface area contributed by atoms with Gasteiger partial charge in [-0.15, -0.1) is 0 Å². The van der Waals surface area contributed by atoms with Crippen molar-refractivity contribution in [2.45, 2.75) is 57.2 Å². The highest BCUT2D eigenvalue weighted by Gasteiger charge is 2.30. The van der Waals surface area contributed by atoms with E-state index in [0.717, 1.165) is 37.2 Å². The number of nitrogens with two attached hydrogens (primary N) is 1. The number of nitrogens with one attached hydrogen (secondary N) is 1. The monoisotopic (exact) mass is 363 g/mol. The van der Waals surface area contributed by atoms with Crippen LogP contribution in [0.3, 0.4) is 0 Å². The summed E-state index contributed by atoms with van der Waals surface area (Å²) in [5, 5.41) is 3.51. The fourth-order valence-corrected chi connectivity index (χ4v) is 3.53. The minimum atomic E-state index is -0.223. The van der Waals surface area contributed by atoms with Gasteiger partial charge in [-0.3, -0.25) is 0 Å². The fourth-order valence-electron chi connectivity index (χ4n) is 3.53. The van der Waals surface area contributed by atoms with Crippen molar-refractivity contribution in [2.75, 3.05) is 32.1 Å². The molecule has 2 heterocycles. The number of nitrogens with zero attached hydrogens (tertiary/aromatic N) is 3. The van der Waals surface area contributed by atoms with E-state index in [9.17, 15) is 4.79 Å². The van der Waals surface area contributed by atoms with Gasteiger partial charge in [0.25, 0.3) is 0 Å². The Morgan fingerprint density at radius 2 is 2.08 bits per heavy atom. The van der Waals surface area contributed by atoms with Crippen LogP contribution in [0.2, 0.25) is 0 Å². The Hall–Kier alpha value is -1.93. The van der Waals surface area contributed by atoms with E-state index in [1.54, 1.807) is 12.0 Å². The van der Waals surface area contributed by atoms with Gasteiger partial charge < -0.3 is 25.4 Å². The maximum atomic E-state index is 11.8. The Bertz CT molecular complexity index is 613. The zero-order valence-electron chi connectivity index (χ0n) is 15.6. The van der Waals surface area contributed by atoms with E-state index in [-0.39, 0.29) is 18.2 Å². The molecule has 1 aromatic rings. The number of carbonyl (C=O) groups excluding carboxylic acids is 1. The van der Waals surface area contributed by atoms with Crippen molar-refractivity contribution in [3.63, 3.8) is 0 Å². The molecule has 1 saturated heterocycles. The lowest BCUT2D eigenvalue weighted by Crippen LogP contribution is -2.42. The number of aromatic nitrogens is 2. The fraction of sp³-hybridized carbons (Fsp3) is 0.722. The summed E-state index contributed by atoms with van der Waals surface area (Å²) in [4.78, 5) is 22.8. The summed E-state index contributed by atoms with van der Waals surface area (Å²) in [6, 6.07) is 2.60. The molecule has 0 spiro atoms. The summed E-state index contributed by atoms with van der Waals surface area (Å²) in [7, 11) is 1.65. The molecule has 0 atom stereocenters. The Kier molecular flexibility index (Phi) is 6.26. The largest absolute Gasteiger partial charge is 0.450 e. The van der Waals surface area contributed by atoms with Gasteiger partial charge in [0.2, 0.25) is 0 Å². The van der Waals surface area contributed by atoms with Gasteiger partial charge in [0.1, 0.15) is 12.4 Å². The van der Waals surface area contributed by atoms with Crippen LogP contribution in [-0.4, -0.2) is 59.9 Å². The van der Waals surface area contributed by atoms with Gasteiger partial charge in [-0.05, 0) is 32.6 Å². The van der Waals surface area contributed by atoms with Gasteiger partial charge in [-0.1, -0.05) is 0 Å². The molecule has 0 aromatic carbocycles. The van der Waals surface area contributed by atoms with Crippen molar-refractivity contribution in [3.8, 4) is 0 Å². The lowest BCUT2D eigenvalue weighted by atomic mass is 9.78. The summed E-state index contributed by atoms with van der Waals surface area (Å²) in [5.41, 5.74) is 6.97. The summed E-state index contributed by atoms with van der Waals surface area (Å²) in [6.45, 7) is 4.01. The second-order valence-electron chi connectivity index (χ2n) is 7.06. The van der Waals surface area contributed by atoms with Gasteiger partial charge in [0.05, 0.1) is 6.61 Å². The van der Waals surface area contributed by atoms with Gasteiger partial charge in [0, 0.05) is 50.0 Å². The van der Waals surface area contributed by atoms with E-state index >= 15 is 0 Å². The Balaban J connectivity index is 1.61. The molecule has 3 N–H and O–H groups in total. The first-order chi connectivity index (χ1) is 12.6. The zero-order chi connectivity index (χ0) is 18.5. The molecular weight excluding hydrogens is 334 g/mol. The quantitative estimate of drug-likeness (QED) is 0.795. The molecule has 1 aromatic heterocycles. The smallest absolute Gasteiger partial charge is 0.409 e. The summed E-state index contributed by atoms with van der Waals surface area (Å²) in [5.74, 6) is 1.93. The number of hydrogen-bond acceptors (Lipinski definition) is 7. The number of anilines is 1. The van der Waals surface area contributed by atoms with E-state index in [4.69, 9.17) is 15.2 Å². The molecule has 3 rings (SSSR count). The summed E-state index contributed by atoms with van der Waals surface area (Å²) < 4.78 is 10.3. The predicted octanol–water partition coefficient (Wildman–Crippen LogP) is 1.86. The topological polar surface area (TPSA) is 103 Å². The first-order valence-electron chi connectivity index (χ1n) is 9.39. The molecule has 0 bridgehead atoms. The highest BCUT2D eigenvalue weighted by molar-refractivity contribution is 5.67. The molecule has 1 aliphatic heterocycles. The number of hydrogen-bond donors (Lipinski definition) is 2. The first-order valence-corrected chi connectivity index (χ1v) is 9.39. The highest BCUT2D eigenvalue weighted by atomic mass is 16.6. The van der Waals surface area contributed by atoms with Crippen LogP contribution >= 0.6 is 0 Å². The lowest BCUT2D eigenvalue weighted by Gasteiger charge is -2.33. The van der Waals surface area contributed by atoms with E-state index in [1.807, 2.05) is 13.0 Å². The van der Waals surface area contributed by atoms with Crippen molar-refractivity contribution in [1.82, 2.24) is 14.9 Å². The van der Waals surface area contributed by atoms with Crippen LogP contribution < -0.4 is 11.1 Å². The summed E-state index contributed by atoms with van der Waals surface area (Å²) >= 11 is 0. The van der Waals surface area contributed by atoms with E-state index < -0.39 is 0 Å². The number of carbonyl (C=O) groups is 1. The number of likely N-dealkylation sites (tertiary alicyclic amines) is 1. The molecule has 0 unspecified atom stereocenters. The minimum absolute atomic E-state index is 0.223. The number of rotatable bonds is 6. The van der Waals surface area contributed by atoms with E-state index in [0.29, 0.717) is 38.0 Å². The van der Waals surface area contributed by atoms with E-state index in [2.05, 4.69) is 15.3 Å². The third-order valence-corrected chi connectivity index (χ3v) is 5.03. The maximum absolute atomic E-state index is 11.8. The SMILES string of the molecule is CCOC(=O)N1CCC(Nc2cc(C3CC(N)C3)nc(COC)n2)CC1. The second kappa shape index (κ2) is 8.64. The number of piperidine rings is 1. The van der Waals surface area contributed by atoms with Crippen LogP contribution in [0, 0.1) is 0 Å². The predicted molar refractivity (Wildman–Crippen MR) is 97.9 cm³/mol. The van der Waals surface area contributed by atoms with Crippen LogP contribution in [0.5, 0.6) is 0 Å². The Labute approximate surface area is 154 Å². The number of methoxy groups -OCH3 is 1. The average molecular weight is 363 g/mol. The molecule has 1 amide bonds. The molecular formula is C18H29N5O3. The minimum Gasteiger partial charge on any atom is -0.450 e. The molecule has 0 radical (unpaired) electrons. The summed E-state index contributed by atoms with van der Waals surface area (Å²) in [6.07, 6.45) is 3.46. The second-order valence-corrected chi connectivity index (χ2v) is 7.06. The van der Waals surface area contributed by atoms with Crippen molar-refractivity contribution >= 4 is 11.9 Å². The Morgan fingerprint density at radius 1 is 1.35 bits per heavy atom. The third kappa shape index (κ3) is 4.62. The molecule has 8 heteroatoms. The normalized spacial score (nSPS) is 23.4. The molecule has 1 aliphatic carbocycles. The highest BCUT2D eigenvalue weighted by Crippen LogP contribution is 2.35. The molecule has 8 nitrogen and oxygen atoms in total. The van der Waals surface area contributed by atoms with Gasteiger partial charge in [-0.2, -0.15) is 0 Å². The van der Waals surface area contributed by atoms with Crippen LogP contribution in [0.15, 0.2) is 6.07 Å². The van der Waals surface area contributed by atoms with Crippen molar-refractivity contribution in [2.24, 2.45) is 5.73 Å².